The summed E-state index contributed by atoms with van der Waals surface area (Å²) in [5.74, 6) is 1.39. The molecule has 0 atom stereocenters. The Morgan fingerprint density at radius 1 is 1.22 bits per heavy atom. The second-order valence-corrected chi connectivity index (χ2v) is 5.98. The second kappa shape index (κ2) is 7.34. The number of benzene rings is 1. The number of halogens is 2. The van der Waals surface area contributed by atoms with E-state index in [1.54, 1.807) is 13.3 Å². The number of aromatic nitrogens is 2. The van der Waals surface area contributed by atoms with Gasteiger partial charge in [0.25, 0.3) is 0 Å². The zero-order valence-electron chi connectivity index (χ0n) is 12.8. The Balaban J connectivity index is 1.81. The van der Waals surface area contributed by atoms with Crippen LogP contribution in [0.2, 0.25) is 10.2 Å². The number of nitrogens with zero attached hydrogens (tertiary/aromatic N) is 3. The van der Waals surface area contributed by atoms with Crippen molar-refractivity contribution in [2.75, 3.05) is 38.3 Å². The lowest BCUT2D eigenvalue weighted by molar-refractivity contribution is 0.122. The average molecular weight is 354 g/mol. The molecular formula is C16H17Cl2N3O2. The van der Waals surface area contributed by atoms with Crippen molar-refractivity contribution in [2.24, 2.45) is 0 Å². The van der Waals surface area contributed by atoms with E-state index >= 15 is 0 Å². The molecule has 122 valence electrons. The van der Waals surface area contributed by atoms with Crippen LogP contribution in [0.4, 0.5) is 5.95 Å². The summed E-state index contributed by atoms with van der Waals surface area (Å²) < 4.78 is 10.6. The highest BCUT2D eigenvalue weighted by Gasteiger charge is 2.16. The van der Waals surface area contributed by atoms with Crippen molar-refractivity contribution in [3.63, 3.8) is 0 Å². The Morgan fingerprint density at radius 3 is 2.70 bits per heavy atom. The zero-order chi connectivity index (χ0) is 16.2. The maximum Gasteiger partial charge on any atom is 0.226 e. The molecule has 5 nitrogen and oxygen atoms in total. The van der Waals surface area contributed by atoms with Crippen molar-refractivity contribution < 1.29 is 9.47 Å². The predicted molar refractivity (Wildman–Crippen MR) is 90.9 cm³/mol. The van der Waals surface area contributed by atoms with Crippen LogP contribution in [0.25, 0.3) is 0 Å². The minimum Gasteiger partial charge on any atom is -0.497 e. The predicted octanol–water partition coefficient (Wildman–Crippen LogP) is 3.22. The minimum atomic E-state index is 0.445. The van der Waals surface area contributed by atoms with E-state index in [0.29, 0.717) is 35.8 Å². The highest BCUT2D eigenvalue weighted by molar-refractivity contribution is 6.31. The molecule has 2 heterocycles. The highest BCUT2D eigenvalue weighted by Crippen LogP contribution is 2.27. The number of morpholine rings is 1. The summed E-state index contributed by atoms with van der Waals surface area (Å²) in [4.78, 5) is 10.9. The molecule has 3 rings (SSSR count). The van der Waals surface area contributed by atoms with Gasteiger partial charge >= 0.3 is 0 Å². The molecule has 0 amide bonds. The van der Waals surface area contributed by atoms with Gasteiger partial charge in [0.1, 0.15) is 10.9 Å². The molecule has 1 aromatic carbocycles. The summed E-state index contributed by atoms with van der Waals surface area (Å²) in [6.45, 7) is 2.92. The van der Waals surface area contributed by atoms with Crippen molar-refractivity contribution in [1.82, 2.24) is 9.97 Å². The number of ether oxygens (including phenoxy) is 2. The second-order valence-electron chi connectivity index (χ2n) is 5.22. The SMILES string of the molecule is COc1ccc(Cl)c(Cc2cnc(N3CCOCC3)nc2Cl)c1. The summed E-state index contributed by atoms with van der Waals surface area (Å²) in [5.41, 5.74) is 1.76. The fourth-order valence-electron chi connectivity index (χ4n) is 2.43. The first-order chi connectivity index (χ1) is 11.2. The van der Waals surface area contributed by atoms with Crippen LogP contribution in [0, 0.1) is 0 Å². The Labute approximate surface area is 145 Å². The zero-order valence-corrected chi connectivity index (χ0v) is 14.3. The van der Waals surface area contributed by atoms with Crippen LogP contribution in [0.3, 0.4) is 0 Å². The fraction of sp³-hybridized carbons (Fsp3) is 0.375. The first-order valence-corrected chi connectivity index (χ1v) is 8.09. The molecule has 1 aromatic heterocycles. The molecule has 0 spiro atoms. The Kier molecular flexibility index (Phi) is 5.20. The molecule has 0 bridgehead atoms. The van der Waals surface area contributed by atoms with Crippen LogP contribution in [-0.2, 0) is 11.2 Å². The minimum absolute atomic E-state index is 0.445. The van der Waals surface area contributed by atoms with Gasteiger partial charge in [-0.25, -0.2) is 9.97 Å². The van der Waals surface area contributed by atoms with Gasteiger partial charge < -0.3 is 14.4 Å². The Bertz CT molecular complexity index is 691. The Hall–Kier alpha value is -1.56. The van der Waals surface area contributed by atoms with Gasteiger partial charge in [0.05, 0.1) is 20.3 Å². The fourth-order valence-corrected chi connectivity index (χ4v) is 2.81. The molecule has 0 unspecified atom stereocenters. The van der Waals surface area contributed by atoms with E-state index in [9.17, 15) is 0 Å². The van der Waals surface area contributed by atoms with Crippen molar-refractivity contribution in [3.05, 3.63) is 45.7 Å². The van der Waals surface area contributed by atoms with Crippen molar-refractivity contribution >= 4 is 29.2 Å². The van der Waals surface area contributed by atoms with Gasteiger partial charge in [0.2, 0.25) is 5.95 Å². The molecule has 7 heteroatoms. The lowest BCUT2D eigenvalue weighted by atomic mass is 10.1. The Morgan fingerprint density at radius 2 is 2.00 bits per heavy atom. The molecule has 1 saturated heterocycles. The van der Waals surface area contributed by atoms with Gasteiger partial charge in [-0.05, 0) is 23.8 Å². The van der Waals surface area contributed by atoms with Crippen molar-refractivity contribution in [2.45, 2.75) is 6.42 Å². The van der Waals surface area contributed by atoms with E-state index in [2.05, 4.69) is 14.9 Å². The van der Waals surface area contributed by atoms with Crippen molar-refractivity contribution in [1.29, 1.82) is 0 Å². The number of hydrogen-bond acceptors (Lipinski definition) is 5. The van der Waals surface area contributed by atoms with Gasteiger partial charge in [0, 0.05) is 36.3 Å². The lowest BCUT2D eigenvalue weighted by Crippen LogP contribution is -2.37. The third-order valence-corrected chi connectivity index (χ3v) is 4.42. The van der Waals surface area contributed by atoms with Gasteiger partial charge in [-0.15, -0.1) is 0 Å². The highest BCUT2D eigenvalue weighted by atomic mass is 35.5. The standard InChI is InChI=1S/C16H17Cl2N3O2/c1-22-13-2-3-14(17)11(9-13)8-12-10-19-16(20-15(12)18)21-4-6-23-7-5-21/h2-3,9-10H,4-8H2,1H3. The quantitative estimate of drug-likeness (QED) is 0.789. The van der Waals surface area contributed by atoms with E-state index in [-0.39, 0.29) is 0 Å². The third-order valence-electron chi connectivity index (χ3n) is 3.73. The third kappa shape index (κ3) is 3.86. The first-order valence-electron chi connectivity index (χ1n) is 7.34. The molecule has 0 N–H and O–H groups in total. The van der Waals surface area contributed by atoms with Crippen LogP contribution >= 0.6 is 23.2 Å². The monoisotopic (exact) mass is 353 g/mol. The molecular weight excluding hydrogens is 337 g/mol. The van der Waals surface area contributed by atoms with Crippen LogP contribution in [-0.4, -0.2) is 43.4 Å². The topological polar surface area (TPSA) is 47.5 Å². The van der Waals surface area contributed by atoms with Gasteiger partial charge in [-0.1, -0.05) is 23.2 Å². The number of rotatable bonds is 4. The number of anilines is 1. The first kappa shape index (κ1) is 16.3. The molecule has 23 heavy (non-hydrogen) atoms. The van der Waals surface area contributed by atoms with Crippen LogP contribution < -0.4 is 9.64 Å². The number of methoxy groups -OCH3 is 1. The summed E-state index contributed by atoms with van der Waals surface area (Å²) in [6, 6.07) is 5.53. The van der Waals surface area contributed by atoms with Crippen molar-refractivity contribution in [3.8, 4) is 5.75 Å². The van der Waals surface area contributed by atoms with E-state index in [4.69, 9.17) is 32.7 Å². The van der Waals surface area contributed by atoms with E-state index in [1.807, 2.05) is 18.2 Å². The molecule has 0 radical (unpaired) electrons. The molecule has 2 aromatic rings. The molecule has 1 fully saturated rings. The summed E-state index contributed by atoms with van der Waals surface area (Å²) in [5, 5.41) is 1.11. The molecule has 1 aliphatic rings. The smallest absolute Gasteiger partial charge is 0.226 e. The van der Waals surface area contributed by atoms with Crippen LogP contribution in [0.15, 0.2) is 24.4 Å². The molecule has 0 saturated carbocycles. The summed E-state index contributed by atoms with van der Waals surface area (Å²) in [7, 11) is 1.63. The lowest BCUT2D eigenvalue weighted by Gasteiger charge is -2.26. The van der Waals surface area contributed by atoms with Crippen LogP contribution in [0.5, 0.6) is 5.75 Å². The normalized spacial score (nSPS) is 14.8. The maximum atomic E-state index is 6.34. The van der Waals surface area contributed by atoms with E-state index < -0.39 is 0 Å². The summed E-state index contributed by atoms with van der Waals surface area (Å²) >= 11 is 12.6. The van der Waals surface area contributed by atoms with Gasteiger partial charge in [-0.3, -0.25) is 0 Å². The maximum absolute atomic E-state index is 6.34. The van der Waals surface area contributed by atoms with Gasteiger partial charge in [-0.2, -0.15) is 0 Å². The molecule has 0 aliphatic carbocycles. The molecule has 1 aliphatic heterocycles. The van der Waals surface area contributed by atoms with E-state index in [0.717, 1.165) is 30.0 Å². The van der Waals surface area contributed by atoms with E-state index in [1.165, 1.54) is 0 Å². The van der Waals surface area contributed by atoms with Crippen LogP contribution in [0.1, 0.15) is 11.1 Å². The largest absolute Gasteiger partial charge is 0.497 e. The average Bonchev–Trinajstić information content (AvgIpc) is 2.59. The number of hydrogen-bond donors (Lipinski definition) is 0. The summed E-state index contributed by atoms with van der Waals surface area (Å²) in [6.07, 6.45) is 2.31. The van der Waals surface area contributed by atoms with Gasteiger partial charge in [0.15, 0.2) is 0 Å².